The van der Waals surface area contributed by atoms with Crippen molar-refractivity contribution in [2.45, 2.75) is 11.0 Å². The van der Waals surface area contributed by atoms with Crippen molar-refractivity contribution >= 4 is 21.6 Å². The van der Waals surface area contributed by atoms with E-state index in [0.29, 0.717) is 19.7 Å². The van der Waals surface area contributed by atoms with Crippen LogP contribution in [0.25, 0.3) is 0 Å². The van der Waals surface area contributed by atoms with Gasteiger partial charge in [0.15, 0.2) is 0 Å². The van der Waals surface area contributed by atoms with Gasteiger partial charge in [-0.3, -0.25) is 4.90 Å². The van der Waals surface area contributed by atoms with E-state index < -0.39 is 15.8 Å². The summed E-state index contributed by atoms with van der Waals surface area (Å²) < 4.78 is 46.1. The zero-order valence-corrected chi connectivity index (χ0v) is 15.6. The summed E-state index contributed by atoms with van der Waals surface area (Å²) in [6, 6.07) is 13.3. The molecule has 0 aliphatic carbocycles. The Morgan fingerprint density at radius 3 is 2.73 bits per heavy atom. The van der Waals surface area contributed by atoms with Crippen LogP contribution in [0, 0.1) is 5.82 Å². The van der Waals surface area contributed by atoms with Crippen molar-refractivity contribution in [1.29, 1.82) is 0 Å². The molecule has 2 aromatic rings. The molecule has 0 saturated carbocycles. The molecule has 1 aliphatic heterocycles. The molecule has 1 aliphatic rings. The predicted molar refractivity (Wildman–Crippen MR) is 98.2 cm³/mol. The van der Waals surface area contributed by atoms with Crippen molar-refractivity contribution < 1.29 is 17.5 Å². The van der Waals surface area contributed by atoms with Gasteiger partial charge in [0.1, 0.15) is 5.82 Å². The highest BCUT2D eigenvalue weighted by atomic mass is 35.5. The maximum Gasteiger partial charge on any atom is 0.240 e. The second-order valence-electron chi connectivity index (χ2n) is 6.04. The highest BCUT2D eigenvalue weighted by Crippen LogP contribution is 2.22. The normalized spacial score (nSPS) is 18.8. The minimum atomic E-state index is -3.73. The fraction of sp³-hybridized carbons (Fsp3) is 0.333. The van der Waals surface area contributed by atoms with Crippen molar-refractivity contribution in [1.82, 2.24) is 9.62 Å². The molecule has 0 spiro atoms. The fourth-order valence-corrected chi connectivity index (χ4v) is 4.13. The van der Waals surface area contributed by atoms with Gasteiger partial charge in [0.2, 0.25) is 10.0 Å². The number of hydrogen-bond acceptors (Lipinski definition) is 4. The topological polar surface area (TPSA) is 58.6 Å². The van der Waals surface area contributed by atoms with Crippen LogP contribution >= 0.6 is 11.6 Å². The lowest BCUT2D eigenvalue weighted by Crippen LogP contribution is -2.42. The second-order valence-corrected chi connectivity index (χ2v) is 8.22. The van der Waals surface area contributed by atoms with Crippen molar-refractivity contribution in [2.24, 2.45) is 0 Å². The average molecular weight is 399 g/mol. The van der Waals surface area contributed by atoms with Crippen LogP contribution in [-0.2, 0) is 14.8 Å². The Morgan fingerprint density at radius 1 is 1.23 bits per heavy atom. The van der Waals surface area contributed by atoms with Crippen LogP contribution in [0.1, 0.15) is 11.7 Å². The first-order chi connectivity index (χ1) is 12.5. The van der Waals surface area contributed by atoms with Crippen molar-refractivity contribution in [3.8, 4) is 0 Å². The van der Waals surface area contributed by atoms with Crippen LogP contribution in [0.2, 0.25) is 5.02 Å². The largest absolute Gasteiger partial charge is 0.371 e. The first kappa shape index (κ1) is 19.3. The average Bonchev–Trinajstić information content (AvgIpc) is 2.65. The molecule has 0 amide bonds. The predicted octanol–water partition coefficient (Wildman–Crippen LogP) is 2.83. The number of benzene rings is 2. The summed E-state index contributed by atoms with van der Waals surface area (Å²) in [5, 5.41) is -0.216. The molecule has 140 valence electrons. The van der Waals surface area contributed by atoms with E-state index in [4.69, 9.17) is 16.3 Å². The molecule has 1 atom stereocenters. The second kappa shape index (κ2) is 8.45. The van der Waals surface area contributed by atoms with E-state index in [0.717, 1.165) is 24.2 Å². The van der Waals surface area contributed by atoms with Crippen LogP contribution in [0.3, 0.4) is 0 Å². The molecule has 26 heavy (non-hydrogen) atoms. The van der Waals surface area contributed by atoms with Gasteiger partial charge in [0.25, 0.3) is 0 Å². The molecule has 1 saturated heterocycles. The van der Waals surface area contributed by atoms with Crippen LogP contribution < -0.4 is 4.72 Å². The molecule has 3 rings (SSSR count). The summed E-state index contributed by atoms with van der Waals surface area (Å²) in [5.41, 5.74) is 1.11. The zero-order chi connectivity index (χ0) is 18.6. The van der Waals surface area contributed by atoms with E-state index in [2.05, 4.69) is 9.62 Å². The van der Waals surface area contributed by atoms with Crippen LogP contribution in [-0.4, -0.2) is 46.1 Å². The van der Waals surface area contributed by atoms with E-state index in [1.165, 1.54) is 6.07 Å². The highest BCUT2D eigenvalue weighted by molar-refractivity contribution is 7.89. The number of morpholine rings is 1. The number of hydrogen-bond donors (Lipinski definition) is 1. The Morgan fingerprint density at radius 2 is 2.00 bits per heavy atom. The van der Waals surface area contributed by atoms with Gasteiger partial charge in [-0.15, -0.1) is 0 Å². The van der Waals surface area contributed by atoms with Gasteiger partial charge in [-0.1, -0.05) is 41.9 Å². The van der Waals surface area contributed by atoms with Gasteiger partial charge in [0.05, 0.1) is 22.6 Å². The molecular formula is C18H20ClFN2O3S. The van der Waals surface area contributed by atoms with E-state index >= 15 is 0 Å². The molecule has 5 nitrogen and oxygen atoms in total. The molecule has 1 fully saturated rings. The van der Waals surface area contributed by atoms with Gasteiger partial charge in [-0.25, -0.2) is 17.5 Å². The summed E-state index contributed by atoms with van der Waals surface area (Å²) in [5.74, 6) is -0.647. The molecule has 1 unspecified atom stereocenters. The van der Waals surface area contributed by atoms with Gasteiger partial charge < -0.3 is 4.74 Å². The number of ether oxygens (including phenoxy) is 1. The van der Waals surface area contributed by atoms with Crippen LogP contribution in [0.15, 0.2) is 53.4 Å². The third kappa shape index (κ3) is 4.81. The Hall–Kier alpha value is -1.51. The summed E-state index contributed by atoms with van der Waals surface area (Å²) in [6.07, 6.45) is -0.0162. The minimum absolute atomic E-state index is 0.0162. The van der Waals surface area contributed by atoms with Crippen molar-refractivity contribution in [3.63, 3.8) is 0 Å². The lowest BCUT2D eigenvalue weighted by Gasteiger charge is -2.33. The quantitative estimate of drug-likeness (QED) is 0.812. The summed E-state index contributed by atoms with van der Waals surface area (Å²) in [6.45, 7) is 2.85. The number of nitrogens with one attached hydrogen (secondary N) is 1. The molecule has 0 bridgehead atoms. The summed E-state index contributed by atoms with van der Waals surface area (Å²) in [4.78, 5) is 2.11. The molecule has 0 aromatic heterocycles. The van der Waals surface area contributed by atoms with Crippen molar-refractivity contribution in [2.75, 3.05) is 32.8 Å². The summed E-state index contributed by atoms with van der Waals surface area (Å²) >= 11 is 5.66. The van der Waals surface area contributed by atoms with Gasteiger partial charge >= 0.3 is 0 Å². The third-order valence-electron chi connectivity index (χ3n) is 4.24. The van der Waals surface area contributed by atoms with Gasteiger partial charge in [-0.2, -0.15) is 0 Å². The minimum Gasteiger partial charge on any atom is -0.371 e. The molecule has 1 N–H and O–H groups in total. The van der Waals surface area contributed by atoms with E-state index in [9.17, 15) is 12.8 Å². The van der Waals surface area contributed by atoms with Gasteiger partial charge in [-0.05, 0) is 23.8 Å². The molecule has 2 aromatic carbocycles. The van der Waals surface area contributed by atoms with E-state index in [-0.39, 0.29) is 22.6 Å². The fourth-order valence-electron chi connectivity index (χ4n) is 2.84. The maximum absolute atomic E-state index is 13.2. The summed E-state index contributed by atoms with van der Waals surface area (Å²) in [7, 11) is -3.73. The van der Waals surface area contributed by atoms with Crippen LogP contribution in [0.4, 0.5) is 4.39 Å². The standard InChI is InChI=1S/C18H20ClFN2O3S/c19-16-12-15(6-7-17(16)20)26(23,24)21-8-9-22-10-11-25-18(13-22)14-4-2-1-3-5-14/h1-7,12,18,21H,8-11,13H2. The highest BCUT2D eigenvalue weighted by Gasteiger charge is 2.22. The lowest BCUT2D eigenvalue weighted by atomic mass is 10.1. The number of halogens is 2. The Kier molecular flexibility index (Phi) is 6.26. The zero-order valence-electron chi connectivity index (χ0n) is 14.1. The van der Waals surface area contributed by atoms with E-state index in [1.54, 1.807) is 0 Å². The maximum atomic E-state index is 13.2. The van der Waals surface area contributed by atoms with Gasteiger partial charge in [0, 0.05) is 26.2 Å². The Balaban J connectivity index is 1.54. The van der Waals surface area contributed by atoms with Crippen molar-refractivity contribution in [3.05, 3.63) is 64.9 Å². The number of rotatable bonds is 6. The number of nitrogens with zero attached hydrogens (tertiary/aromatic N) is 1. The monoisotopic (exact) mass is 398 g/mol. The smallest absolute Gasteiger partial charge is 0.240 e. The van der Waals surface area contributed by atoms with E-state index in [1.807, 2.05) is 30.3 Å². The molecular weight excluding hydrogens is 379 g/mol. The third-order valence-corrected chi connectivity index (χ3v) is 5.99. The SMILES string of the molecule is O=S(=O)(NCCN1CCOC(c2ccccc2)C1)c1ccc(F)c(Cl)c1. The first-order valence-electron chi connectivity index (χ1n) is 8.29. The molecule has 0 radical (unpaired) electrons. The Bertz CT molecular complexity index is 849. The van der Waals surface area contributed by atoms with Crippen LogP contribution in [0.5, 0.6) is 0 Å². The number of sulfonamides is 1. The lowest BCUT2D eigenvalue weighted by molar-refractivity contribution is -0.0291. The molecule has 8 heteroatoms. The molecule has 1 heterocycles. The Labute approximate surface area is 157 Å². The first-order valence-corrected chi connectivity index (χ1v) is 10.2.